The van der Waals surface area contributed by atoms with Crippen LogP contribution in [0.4, 0.5) is 11.4 Å². The summed E-state index contributed by atoms with van der Waals surface area (Å²) < 4.78 is 11.8. The van der Waals surface area contributed by atoms with Gasteiger partial charge in [0.25, 0.3) is 5.91 Å². The molecule has 2 amide bonds. The molecule has 0 bridgehead atoms. The van der Waals surface area contributed by atoms with Crippen molar-refractivity contribution in [2.24, 2.45) is 15.8 Å². The number of carbonyl (C=O) groups is 3. The number of hydrogen-bond donors (Lipinski definition) is 3. The van der Waals surface area contributed by atoms with Crippen molar-refractivity contribution < 1.29 is 33.8 Å². The third-order valence-electron chi connectivity index (χ3n) is 8.20. The van der Waals surface area contributed by atoms with Crippen LogP contribution in [0, 0.1) is 5.41 Å². The van der Waals surface area contributed by atoms with Gasteiger partial charge in [0.2, 0.25) is 5.91 Å². The zero-order valence-corrected chi connectivity index (χ0v) is 28.4. The van der Waals surface area contributed by atoms with Gasteiger partial charge in [-0.15, -0.1) is 5.11 Å². The molecule has 1 aliphatic heterocycles. The van der Waals surface area contributed by atoms with Gasteiger partial charge in [-0.3, -0.25) is 19.2 Å². The predicted molar refractivity (Wildman–Crippen MR) is 189 cm³/mol. The Bertz CT molecular complexity index is 2120. The Morgan fingerprint density at radius 1 is 0.920 bits per heavy atom. The zero-order valence-electron chi connectivity index (χ0n) is 28.4. The fraction of sp³-hybridized carbons (Fsp3) is 0.263. The van der Waals surface area contributed by atoms with Gasteiger partial charge in [-0.05, 0) is 94.3 Å². The molecule has 3 aromatic carbocycles. The minimum atomic E-state index is -1.04. The first-order chi connectivity index (χ1) is 23.6. The van der Waals surface area contributed by atoms with Crippen LogP contribution in [0.2, 0.25) is 0 Å². The predicted octanol–water partition coefficient (Wildman–Crippen LogP) is 7.67. The van der Waals surface area contributed by atoms with Crippen molar-refractivity contribution >= 4 is 40.1 Å². The molecule has 0 aromatic heterocycles. The van der Waals surface area contributed by atoms with Crippen LogP contribution < -0.4 is 10.7 Å². The Labute approximate surface area is 288 Å². The summed E-state index contributed by atoms with van der Waals surface area (Å²) in [5.74, 6) is -1.31. The highest BCUT2D eigenvalue weighted by Crippen LogP contribution is 2.42. The van der Waals surface area contributed by atoms with Gasteiger partial charge in [0.1, 0.15) is 17.1 Å². The minimum Gasteiger partial charge on any atom is -0.508 e. The number of phenolic OH excluding ortho intramolecular Hbond substituents is 1. The van der Waals surface area contributed by atoms with Crippen LogP contribution in [0.15, 0.2) is 104 Å². The van der Waals surface area contributed by atoms with Crippen LogP contribution in [0.3, 0.4) is 0 Å². The van der Waals surface area contributed by atoms with Crippen molar-refractivity contribution in [3.63, 3.8) is 0 Å². The molecular formula is C38H38N4O8. The molecule has 50 heavy (non-hydrogen) atoms. The van der Waals surface area contributed by atoms with Crippen molar-refractivity contribution in [1.82, 2.24) is 5.01 Å². The maximum atomic E-state index is 13.7. The van der Waals surface area contributed by atoms with Gasteiger partial charge in [0, 0.05) is 53.4 Å². The standard InChI is InChI=1S/C38H38N4O8/c1-37(2,36(47)48)22-49-38(3,4)19-18-33(45)39-23-10-12-24(13-11-23)40-41-42(5)35(46)28-9-7-6-8-27(28)34-29-16-14-25(43)20-31(29)50-32-21-26(44)15-17-30(32)34/h6-17,20-21,43H,18-19,22H2,1-5H3,(H,39,45)(H,47,48). The smallest absolute Gasteiger partial charge is 0.311 e. The molecule has 3 N–H and O–H groups in total. The van der Waals surface area contributed by atoms with Crippen LogP contribution in [0.1, 0.15) is 50.9 Å². The van der Waals surface area contributed by atoms with E-state index in [-0.39, 0.29) is 30.1 Å². The number of hydrogen-bond acceptors (Lipinski definition) is 9. The maximum Gasteiger partial charge on any atom is 0.311 e. The molecule has 0 radical (unpaired) electrons. The zero-order chi connectivity index (χ0) is 36.2. The van der Waals surface area contributed by atoms with E-state index in [1.54, 1.807) is 74.5 Å². The van der Waals surface area contributed by atoms with E-state index >= 15 is 0 Å². The summed E-state index contributed by atoms with van der Waals surface area (Å²) >= 11 is 0. The van der Waals surface area contributed by atoms with E-state index in [4.69, 9.17) is 9.15 Å². The molecule has 258 valence electrons. The lowest BCUT2D eigenvalue weighted by Crippen LogP contribution is -2.35. The lowest BCUT2D eigenvalue weighted by Gasteiger charge is -2.29. The maximum absolute atomic E-state index is 13.7. The topological polar surface area (TPSA) is 171 Å². The molecule has 0 atom stereocenters. The van der Waals surface area contributed by atoms with E-state index in [2.05, 4.69) is 15.7 Å². The lowest BCUT2D eigenvalue weighted by molar-refractivity contribution is -0.154. The second-order valence-corrected chi connectivity index (χ2v) is 13.2. The van der Waals surface area contributed by atoms with Crippen molar-refractivity contribution in [3.8, 4) is 28.2 Å². The molecular weight excluding hydrogens is 640 g/mol. The van der Waals surface area contributed by atoms with Crippen molar-refractivity contribution in [2.45, 2.75) is 46.1 Å². The van der Waals surface area contributed by atoms with Gasteiger partial charge < -0.3 is 24.7 Å². The largest absolute Gasteiger partial charge is 0.508 e. The SMILES string of the molecule is CN(N=Nc1ccc(NC(=O)CCC(C)(C)OCC(C)(C)C(=O)O)cc1)C(=O)c1ccccc1-c1c2ccc(=O)cc-2oc2cc(O)ccc12. The summed E-state index contributed by atoms with van der Waals surface area (Å²) in [6.45, 7) is 6.83. The van der Waals surface area contributed by atoms with Gasteiger partial charge in [0.05, 0.1) is 23.3 Å². The summed E-state index contributed by atoms with van der Waals surface area (Å²) in [5.41, 5.74) is 1.57. The van der Waals surface area contributed by atoms with Gasteiger partial charge in [-0.1, -0.05) is 23.4 Å². The van der Waals surface area contributed by atoms with Gasteiger partial charge >= 0.3 is 5.97 Å². The number of nitrogens with one attached hydrogen (secondary N) is 1. The fourth-order valence-corrected chi connectivity index (χ4v) is 5.13. The van der Waals surface area contributed by atoms with Gasteiger partial charge in [-0.25, -0.2) is 5.01 Å². The van der Waals surface area contributed by atoms with E-state index in [9.17, 15) is 29.4 Å². The molecule has 1 heterocycles. The average molecular weight is 679 g/mol. The number of carbonyl (C=O) groups excluding carboxylic acids is 2. The Morgan fingerprint density at radius 2 is 1.64 bits per heavy atom. The van der Waals surface area contributed by atoms with Gasteiger partial charge in [-0.2, -0.15) is 0 Å². The van der Waals surface area contributed by atoms with Crippen LogP contribution in [-0.2, 0) is 14.3 Å². The normalized spacial score (nSPS) is 12.0. The highest BCUT2D eigenvalue weighted by atomic mass is 16.5. The van der Waals surface area contributed by atoms with Crippen LogP contribution in [0.25, 0.3) is 33.4 Å². The highest BCUT2D eigenvalue weighted by molar-refractivity contribution is 6.09. The van der Waals surface area contributed by atoms with E-state index in [1.807, 2.05) is 13.8 Å². The number of carboxylic acids is 1. The molecule has 1 aliphatic carbocycles. The van der Waals surface area contributed by atoms with Gasteiger partial charge in [0.15, 0.2) is 5.43 Å². The molecule has 2 aliphatic rings. The number of aromatic hydroxyl groups is 1. The summed E-state index contributed by atoms with van der Waals surface area (Å²) in [4.78, 5) is 49.8. The molecule has 5 rings (SSSR count). The van der Waals surface area contributed by atoms with Crippen molar-refractivity contribution in [1.29, 1.82) is 0 Å². The Balaban J connectivity index is 1.27. The number of aliphatic carboxylic acids is 1. The average Bonchev–Trinajstić information content (AvgIpc) is 3.08. The Kier molecular flexibility index (Phi) is 10.1. The lowest BCUT2D eigenvalue weighted by atomic mass is 9.90. The molecule has 0 fully saturated rings. The second-order valence-electron chi connectivity index (χ2n) is 13.2. The van der Waals surface area contributed by atoms with E-state index < -0.39 is 22.9 Å². The Hall–Kier alpha value is -5.88. The number of carboxylic acid groups (broad SMARTS) is 1. The van der Waals surface area contributed by atoms with Crippen molar-refractivity contribution in [2.75, 3.05) is 19.0 Å². The number of benzene rings is 4. The van der Waals surface area contributed by atoms with Crippen LogP contribution in [0.5, 0.6) is 5.75 Å². The molecule has 12 heteroatoms. The van der Waals surface area contributed by atoms with Crippen molar-refractivity contribution in [3.05, 3.63) is 101 Å². The monoisotopic (exact) mass is 678 g/mol. The summed E-state index contributed by atoms with van der Waals surface area (Å²) in [6.07, 6.45) is 0.558. The fourth-order valence-electron chi connectivity index (χ4n) is 5.13. The number of ether oxygens (including phenoxy) is 1. The van der Waals surface area contributed by atoms with Crippen LogP contribution in [-0.4, -0.2) is 52.3 Å². The molecule has 0 saturated carbocycles. The minimum absolute atomic E-state index is 0.00474. The number of fused-ring (bicyclic) bond motifs is 2. The quantitative estimate of drug-likeness (QED) is 0.0685. The van der Waals surface area contributed by atoms with E-state index in [1.165, 1.54) is 31.3 Å². The number of anilines is 1. The first kappa shape index (κ1) is 35.4. The number of nitrogens with zero attached hydrogens (tertiary/aromatic N) is 3. The Morgan fingerprint density at radius 3 is 2.36 bits per heavy atom. The number of phenols is 1. The summed E-state index contributed by atoms with van der Waals surface area (Å²) in [6, 6.07) is 22.8. The third kappa shape index (κ3) is 8.21. The summed E-state index contributed by atoms with van der Waals surface area (Å²) in [5, 5.41) is 32.3. The number of amides is 2. The third-order valence-corrected chi connectivity index (χ3v) is 8.20. The highest BCUT2D eigenvalue weighted by Gasteiger charge is 2.31. The first-order valence-corrected chi connectivity index (χ1v) is 15.9. The molecule has 0 saturated heterocycles. The molecule has 0 unspecified atom stereocenters. The molecule has 12 nitrogen and oxygen atoms in total. The molecule has 0 spiro atoms. The number of rotatable bonds is 12. The first-order valence-electron chi connectivity index (χ1n) is 15.9. The van der Waals surface area contributed by atoms with E-state index in [0.29, 0.717) is 56.8 Å². The molecule has 3 aromatic rings. The summed E-state index contributed by atoms with van der Waals surface area (Å²) in [7, 11) is 1.49. The second kappa shape index (κ2) is 14.3. The van der Waals surface area contributed by atoms with Crippen LogP contribution >= 0.6 is 0 Å². The van der Waals surface area contributed by atoms with E-state index in [0.717, 1.165) is 5.01 Å².